The van der Waals surface area contributed by atoms with Gasteiger partial charge in [-0.25, -0.2) is 0 Å². The summed E-state index contributed by atoms with van der Waals surface area (Å²) in [5.41, 5.74) is 1.05. The maximum atomic E-state index is 6.25. The highest BCUT2D eigenvalue weighted by Gasteiger charge is 2.41. The lowest BCUT2D eigenvalue weighted by molar-refractivity contribution is -0.0775. The Morgan fingerprint density at radius 2 is 2.40 bits per heavy atom. The van der Waals surface area contributed by atoms with Gasteiger partial charge in [-0.05, 0) is 43.9 Å². The van der Waals surface area contributed by atoms with E-state index in [0.29, 0.717) is 5.92 Å². The number of halogens is 1. The molecule has 0 aliphatic heterocycles. The molecule has 0 radical (unpaired) electrons. The summed E-state index contributed by atoms with van der Waals surface area (Å²) >= 11 is 6.25. The zero-order chi connectivity index (χ0) is 14.6. The van der Waals surface area contributed by atoms with E-state index < -0.39 is 0 Å². The molecule has 2 rings (SSSR count). The third kappa shape index (κ3) is 3.33. The molecule has 112 valence electrons. The Bertz CT molecular complexity index is 440. The van der Waals surface area contributed by atoms with E-state index in [1.54, 1.807) is 12.4 Å². The van der Waals surface area contributed by atoms with E-state index in [4.69, 9.17) is 16.3 Å². The number of hydrogen-bond donors (Lipinski definition) is 1. The van der Waals surface area contributed by atoms with Crippen molar-refractivity contribution in [3.63, 3.8) is 0 Å². The van der Waals surface area contributed by atoms with Crippen molar-refractivity contribution in [3.05, 3.63) is 29.0 Å². The van der Waals surface area contributed by atoms with Crippen LogP contribution in [-0.4, -0.2) is 30.8 Å². The lowest BCUT2D eigenvalue weighted by Gasteiger charge is -2.44. The molecule has 1 aromatic heterocycles. The van der Waals surface area contributed by atoms with E-state index in [9.17, 15) is 0 Å². The first-order chi connectivity index (χ1) is 9.61. The summed E-state index contributed by atoms with van der Waals surface area (Å²) in [4.78, 5) is 4.06. The van der Waals surface area contributed by atoms with Crippen molar-refractivity contribution in [1.82, 2.24) is 10.3 Å². The molecule has 3 atom stereocenters. The fraction of sp³-hybridized carbons (Fsp3) is 0.688. The highest BCUT2D eigenvalue weighted by atomic mass is 35.5. The monoisotopic (exact) mass is 296 g/mol. The standard InChI is InChI=1S/C16H25ClN2O/c1-12-5-4-7-16(10-12,20-3)15(18-2)9-13-6-8-19-11-14(13)17/h6,8,11-12,15,18H,4-5,7,9-10H2,1-3H3. The molecule has 1 fully saturated rings. The Morgan fingerprint density at radius 3 is 3.00 bits per heavy atom. The molecule has 1 aliphatic carbocycles. The summed E-state index contributed by atoms with van der Waals surface area (Å²) < 4.78 is 5.99. The van der Waals surface area contributed by atoms with Crippen LogP contribution in [0.5, 0.6) is 0 Å². The highest BCUT2D eigenvalue weighted by Crippen LogP contribution is 2.38. The number of methoxy groups -OCH3 is 1. The smallest absolute Gasteiger partial charge is 0.0836 e. The van der Waals surface area contributed by atoms with Crippen LogP contribution in [0.25, 0.3) is 0 Å². The van der Waals surface area contributed by atoms with Crippen LogP contribution in [0.15, 0.2) is 18.5 Å². The van der Waals surface area contributed by atoms with E-state index in [0.717, 1.165) is 29.8 Å². The van der Waals surface area contributed by atoms with Crippen LogP contribution in [0.1, 0.15) is 38.2 Å². The number of nitrogens with one attached hydrogen (secondary N) is 1. The topological polar surface area (TPSA) is 34.2 Å². The SMILES string of the molecule is CNC(Cc1ccncc1Cl)C1(OC)CCCC(C)C1. The van der Waals surface area contributed by atoms with Gasteiger partial charge in [-0.2, -0.15) is 0 Å². The molecule has 1 aliphatic rings. The summed E-state index contributed by atoms with van der Waals surface area (Å²) in [6, 6.07) is 2.28. The van der Waals surface area contributed by atoms with Gasteiger partial charge in [-0.1, -0.05) is 31.4 Å². The van der Waals surface area contributed by atoms with Crippen molar-refractivity contribution in [1.29, 1.82) is 0 Å². The Balaban J connectivity index is 2.19. The van der Waals surface area contributed by atoms with Crippen molar-refractivity contribution in [2.45, 2.75) is 50.7 Å². The number of nitrogens with zero attached hydrogens (tertiary/aromatic N) is 1. The number of ether oxygens (including phenoxy) is 1. The predicted octanol–water partition coefficient (Wildman–Crippen LogP) is 3.46. The van der Waals surface area contributed by atoms with Gasteiger partial charge in [-0.15, -0.1) is 0 Å². The predicted molar refractivity (Wildman–Crippen MR) is 83.2 cm³/mol. The maximum Gasteiger partial charge on any atom is 0.0836 e. The first-order valence-electron chi connectivity index (χ1n) is 7.42. The van der Waals surface area contributed by atoms with Gasteiger partial charge >= 0.3 is 0 Å². The molecule has 20 heavy (non-hydrogen) atoms. The maximum absolute atomic E-state index is 6.25. The Hall–Kier alpha value is -0.640. The van der Waals surface area contributed by atoms with Gasteiger partial charge in [0.1, 0.15) is 0 Å². The zero-order valence-electron chi connectivity index (χ0n) is 12.7. The number of hydrogen-bond acceptors (Lipinski definition) is 3. The minimum Gasteiger partial charge on any atom is -0.377 e. The molecule has 0 bridgehead atoms. The summed E-state index contributed by atoms with van der Waals surface area (Å²) in [5.74, 6) is 0.715. The summed E-state index contributed by atoms with van der Waals surface area (Å²) in [6.45, 7) is 2.32. The Kier molecular flexibility index (Phi) is 5.42. The van der Waals surface area contributed by atoms with Crippen molar-refractivity contribution in [2.75, 3.05) is 14.2 Å². The Labute approximate surface area is 127 Å². The second-order valence-corrected chi connectivity index (χ2v) is 6.39. The molecule has 3 unspecified atom stereocenters. The molecule has 3 nitrogen and oxygen atoms in total. The van der Waals surface area contributed by atoms with Gasteiger partial charge in [0.05, 0.1) is 10.6 Å². The largest absolute Gasteiger partial charge is 0.377 e. The molecule has 1 aromatic rings. The third-order valence-corrected chi connectivity index (χ3v) is 5.00. The fourth-order valence-corrected chi connectivity index (χ4v) is 3.72. The van der Waals surface area contributed by atoms with Crippen LogP contribution >= 0.6 is 11.6 Å². The fourth-order valence-electron chi connectivity index (χ4n) is 3.53. The van der Waals surface area contributed by atoms with E-state index in [1.165, 1.54) is 12.8 Å². The first kappa shape index (κ1) is 15.7. The van der Waals surface area contributed by atoms with Crippen molar-refractivity contribution in [3.8, 4) is 0 Å². The van der Waals surface area contributed by atoms with Crippen LogP contribution in [0, 0.1) is 5.92 Å². The molecule has 1 heterocycles. The highest BCUT2D eigenvalue weighted by molar-refractivity contribution is 6.31. The number of pyridine rings is 1. The van der Waals surface area contributed by atoms with Crippen LogP contribution in [0.3, 0.4) is 0 Å². The van der Waals surface area contributed by atoms with Crippen molar-refractivity contribution >= 4 is 11.6 Å². The normalized spacial score (nSPS) is 28.3. The summed E-state index contributed by atoms with van der Waals surface area (Å²) in [6.07, 6.45) is 9.15. The van der Waals surface area contributed by atoms with Gasteiger partial charge in [0.15, 0.2) is 0 Å². The molecule has 0 saturated heterocycles. The van der Waals surface area contributed by atoms with Gasteiger partial charge in [0.2, 0.25) is 0 Å². The lowest BCUT2D eigenvalue weighted by atomic mass is 9.73. The average Bonchev–Trinajstić information content (AvgIpc) is 2.46. The average molecular weight is 297 g/mol. The van der Waals surface area contributed by atoms with E-state index in [2.05, 4.69) is 17.2 Å². The minimum atomic E-state index is -0.0843. The lowest BCUT2D eigenvalue weighted by Crippen LogP contribution is -2.54. The van der Waals surface area contributed by atoms with E-state index >= 15 is 0 Å². The van der Waals surface area contributed by atoms with E-state index in [1.807, 2.05) is 20.2 Å². The Morgan fingerprint density at radius 1 is 1.60 bits per heavy atom. The molecule has 1 saturated carbocycles. The molecular formula is C16H25ClN2O. The summed E-state index contributed by atoms with van der Waals surface area (Å²) in [5, 5.41) is 4.19. The van der Waals surface area contributed by atoms with Crippen molar-refractivity contribution < 1.29 is 4.74 Å². The van der Waals surface area contributed by atoms with Gasteiger partial charge in [-0.3, -0.25) is 4.98 Å². The van der Waals surface area contributed by atoms with E-state index in [-0.39, 0.29) is 11.6 Å². The molecule has 1 N–H and O–H groups in total. The quantitative estimate of drug-likeness (QED) is 0.903. The number of rotatable bonds is 5. The summed E-state index contributed by atoms with van der Waals surface area (Å²) in [7, 11) is 3.86. The molecule has 4 heteroatoms. The van der Waals surface area contributed by atoms with Crippen LogP contribution < -0.4 is 5.32 Å². The molecular weight excluding hydrogens is 272 g/mol. The number of likely N-dealkylation sites (N-methyl/N-ethyl adjacent to an activating group) is 1. The molecule has 0 aromatic carbocycles. The van der Waals surface area contributed by atoms with Crippen LogP contribution in [0.2, 0.25) is 5.02 Å². The minimum absolute atomic E-state index is 0.0843. The van der Waals surface area contributed by atoms with Gasteiger partial charge < -0.3 is 10.1 Å². The van der Waals surface area contributed by atoms with Crippen LogP contribution in [-0.2, 0) is 11.2 Å². The van der Waals surface area contributed by atoms with Gasteiger partial charge in [0, 0.05) is 25.5 Å². The molecule has 0 amide bonds. The van der Waals surface area contributed by atoms with Crippen LogP contribution in [0.4, 0.5) is 0 Å². The number of aromatic nitrogens is 1. The molecule has 0 spiro atoms. The third-order valence-electron chi connectivity index (χ3n) is 4.66. The first-order valence-corrected chi connectivity index (χ1v) is 7.80. The second-order valence-electron chi connectivity index (χ2n) is 5.98. The van der Waals surface area contributed by atoms with Gasteiger partial charge in [0.25, 0.3) is 0 Å². The van der Waals surface area contributed by atoms with Crippen molar-refractivity contribution in [2.24, 2.45) is 5.92 Å². The zero-order valence-corrected chi connectivity index (χ0v) is 13.4. The second kappa shape index (κ2) is 6.88.